The number of unbranched alkanes of at least 4 members (excludes halogenated alkanes) is 11. The van der Waals surface area contributed by atoms with Crippen molar-refractivity contribution < 1.29 is 62.0 Å². The second-order valence-corrected chi connectivity index (χ2v) is 9.38. The third kappa shape index (κ3) is 19.9. The summed E-state index contributed by atoms with van der Waals surface area (Å²) in [6.07, 6.45) is 20.7. The van der Waals surface area contributed by atoms with Gasteiger partial charge in [0.25, 0.3) is 10.1 Å². The van der Waals surface area contributed by atoms with E-state index in [-0.39, 0.29) is 29.6 Å². The molecule has 1 saturated heterocycles. The van der Waals surface area contributed by atoms with Crippen LogP contribution in [0.4, 0.5) is 0 Å². The number of imide groups is 1. The Hall–Kier alpha value is -0.740. The molecule has 0 saturated carbocycles. The number of carboxylic acids is 1. The second-order valence-electron chi connectivity index (χ2n) is 7.78. The summed E-state index contributed by atoms with van der Waals surface area (Å²) in [6.45, 7) is 2.26. The Kier molecular flexibility index (Phi) is 21.8. The van der Waals surface area contributed by atoms with E-state index in [2.05, 4.69) is 24.4 Å². The van der Waals surface area contributed by atoms with E-state index < -0.39 is 39.6 Å². The summed E-state index contributed by atoms with van der Waals surface area (Å²) < 4.78 is 29.0. The van der Waals surface area contributed by atoms with Crippen LogP contribution in [0.1, 0.15) is 103 Å². The molecule has 0 radical (unpaired) electrons. The van der Waals surface area contributed by atoms with Gasteiger partial charge in [-0.25, -0.2) is 0 Å². The molecule has 8 nitrogen and oxygen atoms in total. The molecule has 1 fully saturated rings. The number of nitrogens with zero attached hydrogens (tertiary/aromatic N) is 1. The van der Waals surface area contributed by atoms with Crippen molar-refractivity contribution in [3.05, 3.63) is 17.5 Å². The molecule has 180 valence electrons. The molecule has 0 aliphatic carbocycles. The van der Waals surface area contributed by atoms with Gasteiger partial charge in [-0.05, 0) is 32.1 Å². The van der Waals surface area contributed by atoms with Gasteiger partial charge < -0.3 is 20.0 Å². The molecule has 0 spiro atoms. The molecule has 0 aromatic heterocycles. The average molecular weight is 484 g/mol. The van der Waals surface area contributed by atoms with E-state index in [1.165, 1.54) is 70.6 Å². The summed E-state index contributed by atoms with van der Waals surface area (Å²) in [6, 6.07) is 0. The van der Waals surface area contributed by atoms with Gasteiger partial charge in [0.15, 0.2) is 0 Å². The minimum Gasteiger partial charge on any atom is -0.595 e. The Bertz CT molecular complexity index is 665. The summed E-state index contributed by atoms with van der Waals surface area (Å²) in [7, 11) is -4.45. The Balaban J connectivity index is 0. The predicted molar refractivity (Wildman–Crippen MR) is 120 cm³/mol. The zero-order chi connectivity index (χ0) is 23.5. The summed E-state index contributed by atoms with van der Waals surface area (Å²) >= 11 is 0. The van der Waals surface area contributed by atoms with E-state index in [1.54, 1.807) is 0 Å². The molecular formula is C22H38NNaO7S. The van der Waals surface area contributed by atoms with Crippen molar-refractivity contribution in [2.75, 3.05) is 0 Å². The molecule has 1 aliphatic rings. The Morgan fingerprint density at radius 1 is 0.938 bits per heavy atom. The Labute approximate surface area is 215 Å². The third-order valence-electron chi connectivity index (χ3n) is 4.88. The minimum absolute atomic E-state index is 0. The molecule has 1 unspecified atom stereocenters. The predicted octanol–water partition coefficient (Wildman–Crippen LogP) is 2.19. The number of aliphatic carboxylic acids is 1. The number of allylic oxidation sites excluding steroid dienone is 2. The first kappa shape index (κ1) is 33.4. The normalized spacial score (nSPS) is 15.8. The van der Waals surface area contributed by atoms with Crippen molar-refractivity contribution in [1.82, 2.24) is 0 Å². The number of carbonyl (C=O) groups is 3. The van der Waals surface area contributed by atoms with E-state index >= 15 is 0 Å². The van der Waals surface area contributed by atoms with Crippen LogP contribution >= 0.6 is 0 Å². The summed E-state index contributed by atoms with van der Waals surface area (Å²) in [5, 5.41) is 9.66. The Morgan fingerprint density at radius 3 is 1.78 bits per heavy atom. The molecular weight excluding hydrogens is 445 g/mol. The first-order chi connectivity index (χ1) is 14.7. The fraction of sp³-hybridized carbons (Fsp3) is 0.773. The standard InChI is InChI=1S/C18H34O2.C4H5NO5S.Na/c1-2-3-4-5-6-7-8-9-10-11-12-13-14-15-16-17-18(19)20;6-3-1-2(4(7)5-3)11(8,9)10;/h9-10H,2-8,11-17H2,1H3,(H,19,20);2H,1H2,(H2,5,6,7,8,9,10);/q;;+1/p-1/b10-9-;;. The molecule has 0 bridgehead atoms. The van der Waals surface area contributed by atoms with Crippen LogP contribution in [-0.2, 0) is 24.5 Å². The van der Waals surface area contributed by atoms with E-state index in [0.29, 0.717) is 6.42 Å². The zero-order valence-electron chi connectivity index (χ0n) is 19.6. The SMILES string of the molecule is CCCCCCCC/C=C\CCCCCCCC(=O)O.O=C1CC(S(=O)(=O)O)C(=O)[N-]1.[Na+]. The number of rotatable bonds is 16. The van der Waals surface area contributed by atoms with Gasteiger partial charge >= 0.3 is 35.5 Å². The molecule has 0 aromatic rings. The van der Waals surface area contributed by atoms with E-state index in [4.69, 9.17) is 9.66 Å². The van der Waals surface area contributed by atoms with Gasteiger partial charge in [0.05, 0.1) is 11.8 Å². The molecule has 32 heavy (non-hydrogen) atoms. The molecule has 10 heteroatoms. The second kappa shape index (κ2) is 20.8. The summed E-state index contributed by atoms with van der Waals surface area (Å²) in [5.74, 6) is -2.56. The van der Waals surface area contributed by atoms with Gasteiger partial charge in [0.1, 0.15) is 5.25 Å². The van der Waals surface area contributed by atoms with Gasteiger partial charge in [0.2, 0.25) is 0 Å². The maximum Gasteiger partial charge on any atom is 1.00 e. The van der Waals surface area contributed by atoms with Gasteiger partial charge in [-0.15, -0.1) is 0 Å². The van der Waals surface area contributed by atoms with Crippen molar-refractivity contribution in [3.63, 3.8) is 0 Å². The molecule has 1 atom stereocenters. The summed E-state index contributed by atoms with van der Waals surface area (Å²) in [5.41, 5.74) is 0. The quantitative estimate of drug-likeness (QED) is 0.113. The van der Waals surface area contributed by atoms with Crippen LogP contribution in [0.25, 0.3) is 5.32 Å². The molecule has 1 aliphatic heterocycles. The van der Waals surface area contributed by atoms with Crippen LogP contribution in [0.2, 0.25) is 0 Å². The van der Waals surface area contributed by atoms with Gasteiger partial charge in [-0.1, -0.05) is 70.4 Å². The molecule has 2 N–H and O–H groups in total. The van der Waals surface area contributed by atoms with E-state index in [0.717, 1.165) is 12.8 Å². The maximum atomic E-state index is 10.5. The van der Waals surface area contributed by atoms with Crippen molar-refractivity contribution >= 4 is 27.9 Å². The van der Waals surface area contributed by atoms with Crippen LogP contribution in [0.15, 0.2) is 12.2 Å². The van der Waals surface area contributed by atoms with Crippen LogP contribution in [0.3, 0.4) is 0 Å². The number of hydrogen-bond acceptors (Lipinski definition) is 5. The number of carbonyl (C=O) groups excluding carboxylic acids is 2. The fourth-order valence-corrected chi connectivity index (χ4v) is 3.73. The maximum absolute atomic E-state index is 10.5. The van der Waals surface area contributed by atoms with Crippen LogP contribution < -0.4 is 29.6 Å². The Morgan fingerprint density at radius 2 is 1.41 bits per heavy atom. The van der Waals surface area contributed by atoms with E-state index in [9.17, 15) is 22.8 Å². The molecule has 0 aromatic carbocycles. The largest absolute Gasteiger partial charge is 1.00 e. The van der Waals surface area contributed by atoms with Crippen molar-refractivity contribution in [2.24, 2.45) is 0 Å². The molecule has 1 heterocycles. The zero-order valence-corrected chi connectivity index (χ0v) is 22.4. The number of hydrogen-bond donors (Lipinski definition) is 2. The molecule has 2 amide bonds. The topological polar surface area (TPSA) is 140 Å². The average Bonchev–Trinajstić information content (AvgIpc) is 3.04. The van der Waals surface area contributed by atoms with Crippen LogP contribution in [0.5, 0.6) is 0 Å². The van der Waals surface area contributed by atoms with E-state index in [1.807, 2.05) is 0 Å². The fourth-order valence-electron chi connectivity index (χ4n) is 3.07. The van der Waals surface area contributed by atoms with Gasteiger partial charge in [-0.3, -0.25) is 9.35 Å². The number of carboxylic acid groups (broad SMARTS) is 1. The molecule has 1 rings (SSSR count). The summed E-state index contributed by atoms with van der Waals surface area (Å²) in [4.78, 5) is 31.2. The third-order valence-corrected chi connectivity index (χ3v) is 5.97. The smallest absolute Gasteiger partial charge is 0.595 e. The first-order valence-electron chi connectivity index (χ1n) is 11.3. The van der Waals surface area contributed by atoms with Crippen molar-refractivity contribution in [1.29, 1.82) is 0 Å². The van der Waals surface area contributed by atoms with Crippen molar-refractivity contribution in [3.8, 4) is 0 Å². The number of amides is 2. The monoisotopic (exact) mass is 483 g/mol. The van der Waals surface area contributed by atoms with Crippen molar-refractivity contribution in [2.45, 2.75) is 108 Å². The van der Waals surface area contributed by atoms with Crippen LogP contribution in [-0.4, -0.2) is 41.1 Å². The van der Waals surface area contributed by atoms with Crippen LogP contribution in [0, 0.1) is 0 Å². The first-order valence-corrected chi connectivity index (χ1v) is 12.8. The minimum atomic E-state index is -4.45. The van der Waals surface area contributed by atoms with Gasteiger partial charge in [0, 0.05) is 12.8 Å². The van der Waals surface area contributed by atoms with Gasteiger partial charge in [-0.2, -0.15) is 8.42 Å².